The van der Waals surface area contributed by atoms with E-state index in [1.165, 1.54) is 0 Å². The van der Waals surface area contributed by atoms with E-state index in [2.05, 4.69) is 10.6 Å². The van der Waals surface area contributed by atoms with E-state index in [9.17, 15) is 0 Å². The molecule has 0 unspecified atom stereocenters. The molecule has 1 heterocycles. The van der Waals surface area contributed by atoms with E-state index < -0.39 is 0 Å². The number of nitriles is 2. The van der Waals surface area contributed by atoms with E-state index in [4.69, 9.17) is 10.5 Å². The highest BCUT2D eigenvalue weighted by molar-refractivity contribution is 5.61. The smallest absolute Gasteiger partial charge is 0.169 e. The molecule has 0 saturated heterocycles. The van der Waals surface area contributed by atoms with Crippen molar-refractivity contribution in [3.63, 3.8) is 0 Å². The first-order valence-electron chi connectivity index (χ1n) is 4.93. The molecule has 0 spiro atoms. The summed E-state index contributed by atoms with van der Waals surface area (Å²) >= 11 is 0. The van der Waals surface area contributed by atoms with Gasteiger partial charge in [-0.2, -0.15) is 10.5 Å². The number of allylic oxidation sites excluding steroid dienone is 1. The van der Waals surface area contributed by atoms with Gasteiger partial charge in [0.2, 0.25) is 0 Å². The number of hydrogen-bond acceptors (Lipinski definition) is 4. The predicted octanol–water partition coefficient (Wildman–Crippen LogP) is 2.02. The van der Waals surface area contributed by atoms with E-state index in [1.807, 2.05) is 43.3 Å². The number of nitrogens with zero attached hydrogens (tertiary/aromatic N) is 2. The number of rotatable bonds is 0. The normalized spacial score (nSPS) is 17.2. The van der Waals surface area contributed by atoms with Crippen molar-refractivity contribution in [1.29, 1.82) is 10.5 Å². The van der Waals surface area contributed by atoms with Crippen LogP contribution in [0.4, 0.5) is 5.69 Å². The Bertz CT molecular complexity index is 515. The van der Waals surface area contributed by atoms with Crippen LogP contribution in [0.15, 0.2) is 35.7 Å². The second-order valence-corrected chi connectivity index (χ2v) is 3.55. The third-order valence-electron chi connectivity index (χ3n) is 2.52. The van der Waals surface area contributed by atoms with Crippen LogP contribution in [0, 0.1) is 22.7 Å². The largest absolute Gasteiger partial charge is 0.363 e. The molecule has 0 radical (unpaired) electrons. The summed E-state index contributed by atoms with van der Waals surface area (Å²) in [6.45, 7) is 1.99. The molecule has 4 nitrogen and oxygen atoms in total. The molecule has 0 aliphatic carbocycles. The summed E-state index contributed by atoms with van der Waals surface area (Å²) in [5.74, 6) is 0.483. The van der Waals surface area contributed by atoms with Gasteiger partial charge in [0.15, 0.2) is 5.57 Å². The average Bonchev–Trinajstić information content (AvgIpc) is 2.31. The molecule has 1 aromatic carbocycles. The zero-order valence-corrected chi connectivity index (χ0v) is 8.78. The second kappa shape index (κ2) is 3.96. The second-order valence-electron chi connectivity index (χ2n) is 3.55. The first kappa shape index (κ1) is 10.1. The topological polar surface area (TPSA) is 71.6 Å². The Labute approximate surface area is 93.8 Å². The predicted molar refractivity (Wildman–Crippen MR) is 59.9 cm³/mol. The molecule has 16 heavy (non-hydrogen) atoms. The van der Waals surface area contributed by atoms with Crippen LogP contribution in [0.2, 0.25) is 0 Å². The van der Waals surface area contributed by atoms with Crippen LogP contribution in [0.5, 0.6) is 0 Å². The van der Waals surface area contributed by atoms with Gasteiger partial charge in [0.05, 0.1) is 6.04 Å². The van der Waals surface area contributed by atoms with Crippen LogP contribution in [0.1, 0.15) is 18.5 Å². The Morgan fingerprint density at radius 1 is 1.25 bits per heavy atom. The molecule has 2 rings (SSSR count). The van der Waals surface area contributed by atoms with Crippen LogP contribution in [0.25, 0.3) is 0 Å². The van der Waals surface area contributed by atoms with Gasteiger partial charge in [-0.25, -0.2) is 0 Å². The fourth-order valence-electron chi connectivity index (χ4n) is 1.72. The van der Waals surface area contributed by atoms with Crippen molar-refractivity contribution in [2.75, 3.05) is 5.32 Å². The van der Waals surface area contributed by atoms with Gasteiger partial charge >= 0.3 is 0 Å². The van der Waals surface area contributed by atoms with E-state index in [1.54, 1.807) is 0 Å². The van der Waals surface area contributed by atoms with Crippen molar-refractivity contribution >= 4 is 5.69 Å². The summed E-state index contributed by atoms with van der Waals surface area (Å²) in [7, 11) is 0. The maximum atomic E-state index is 8.80. The molecule has 0 saturated carbocycles. The number of nitrogens with one attached hydrogen (secondary N) is 2. The van der Waals surface area contributed by atoms with Crippen LogP contribution in [0.3, 0.4) is 0 Å². The highest BCUT2D eigenvalue weighted by Gasteiger charge is 2.20. The molecular weight excluding hydrogens is 200 g/mol. The minimum absolute atomic E-state index is 0.0707. The van der Waals surface area contributed by atoms with Gasteiger partial charge in [-0.05, 0) is 18.6 Å². The van der Waals surface area contributed by atoms with Gasteiger partial charge in [0.25, 0.3) is 0 Å². The van der Waals surface area contributed by atoms with Crippen molar-refractivity contribution in [2.24, 2.45) is 0 Å². The summed E-state index contributed by atoms with van der Waals surface area (Å²) in [6.07, 6.45) is 0. The molecule has 0 fully saturated rings. The van der Waals surface area contributed by atoms with Crippen molar-refractivity contribution in [3.8, 4) is 12.1 Å². The lowest BCUT2D eigenvalue weighted by Gasteiger charge is -2.28. The minimum Gasteiger partial charge on any atom is -0.363 e. The Kier molecular flexibility index (Phi) is 2.49. The van der Waals surface area contributed by atoms with E-state index >= 15 is 0 Å². The Hall–Kier alpha value is -2.46. The molecular formula is C12H10N4. The zero-order chi connectivity index (χ0) is 11.5. The fraction of sp³-hybridized carbons (Fsp3) is 0.167. The van der Waals surface area contributed by atoms with Crippen molar-refractivity contribution < 1.29 is 0 Å². The van der Waals surface area contributed by atoms with Crippen molar-refractivity contribution in [2.45, 2.75) is 13.0 Å². The number of benzene rings is 1. The van der Waals surface area contributed by atoms with E-state index in [-0.39, 0.29) is 11.6 Å². The SMILES string of the molecule is C[C@@H]1NC(=C(C#N)C#N)Nc2ccccc21. The standard InChI is InChI=1S/C12H10N4/c1-8-10-4-2-3-5-11(10)16-12(15-8)9(6-13)7-14/h2-5,8,15-16H,1H3/t8-/m0/s1. The molecule has 78 valence electrons. The van der Waals surface area contributed by atoms with Gasteiger partial charge in [-0.15, -0.1) is 0 Å². The first-order chi connectivity index (χ1) is 7.76. The van der Waals surface area contributed by atoms with Gasteiger partial charge in [0, 0.05) is 5.69 Å². The first-order valence-corrected chi connectivity index (χ1v) is 4.93. The van der Waals surface area contributed by atoms with Crippen molar-refractivity contribution in [3.05, 3.63) is 41.2 Å². The molecule has 1 atom stereocenters. The molecule has 1 aromatic rings. The van der Waals surface area contributed by atoms with Gasteiger partial charge < -0.3 is 10.6 Å². The Balaban J connectivity index is 2.47. The molecule has 0 aromatic heterocycles. The lowest BCUT2D eigenvalue weighted by Crippen LogP contribution is -2.30. The maximum Gasteiger partial charge on any atom is 0.169 e. The lowest BCUT2D eigenvalue weighted by molar-refractivity contribution is 0.639. The summed E-state index contributed by atoms with van der Waals surface area (Å²) in [5.41, 5.74) is 2.13. The third-order valence-corrected chi connectivity index (χ3v) is 2.52. The highest BCUT2D eigenvalue weighted by atomic mass is 15.1. The van der Waals surface area contributed by atoms with Gasteiger partial charge in [-0.3, -0.25) is 0 Å². The van der Waals surface area contributed by atoms with Gasteiger partial charge in [0.1, 0.15) is 18.0 Å². The molecule has 1 aliphatic rings. The monoisotopic (exact) mass is 210 g/mol. The Morgan fingerprint density at radius 2 is 1.94 bits per heavy atom. The quantitative estimate of drug-likeness (QED) is 0.642. The van der Waals surface area contributed by atoms with E-state index in [0.717, 1.165) is 11.3 Å². The number of para-hydroxylation sites is 1. The van der Waals surface area contributed by atoms with Crippen LogP contribution >= 0.6 is 0 Å². The fourth-order valence-corrected chi connectivity index (χ4v) is 1.72. The van der Waals surface area contributed by atoms with Crippen LogP contribution < -0.4 is 10.6 Å². The maximum absolute atomic E-state index is 8.80. The average molecular weight is 210 g/mol. The summed E-state index contributed by atoms with van der Waals surface area (Å²) in [6, 6.07) is 11.6. The van der Waals surface area contributed by atoms with E-state index in [0.29, 0.717) is 5.82 Å². The van der Waals surface area contributed by atoms with Crippen LogP contribution in [-0.2, 0) is 0 Å². The molecule has 0 bridgehead atoms. The summed E-state index contributed by atoms with van der Waals surface area (Å²) in [4.78, 5) is 0. The Morgan fingerprint density at radius 3 is 2.62 bits per heavy atom. The zero-order valence-electron chi connectivity index (χ0n) is 8.78. The van der Waals surface area contributed by atoms with Gasteiger partial charge in [-0.1, -0.05) is 18.2 Å². The molecule has 2 N–H and O–H groups in total. The summed E-state index contributed by atoms with van der Waals surface area (Å²) in [5, 5.41) is 23.8. The summed E-state index contributed by atoms with van der Waals surface area (Å²) < 4.78 is 0. The van der Waals surface area contributed by atoms with Crippen molar-refractivity contribution in [1.82, 2.24) is 5.32 Å². The lowest BCUT2D eigenvalue weighted by atomic mass is 10.0. The molecule has 4 heteroatoms. The van der Waals surface area contributed by atoms with Crippen LogP contribution in [-0.4, -0.2) is 0 Å². The number of fused-ring (bicyclic) bond motifs is 1. The number of hydrogen-bond donors (Lipinski definition) is 2. The third kappa shape index (κ3) is 1.57. The molecule has 0 amide bonds. The molecule has 1 aliphatic heterocycles. The highest BCUT2D eigenvalue weighted by Crippen LogP contribution is 2.29. The number of anilines is 1. The minimum atomic E-state index is 0.0707.